The Morgan fingerprint density at radius 3 is 2.41 bits per heavy atom. The fourth-order valence-electron chi connectivity index (χ4n) is 5.32. The van der Waals surface area contributed by atoms with Crippen molar-refractivity contribution in [3.8, 4) is 5.75 Å². The Morgan fingerprint density at radius 2 is 1.69 bits per heavy atom. The SMILES string of the molecule is CC(C)(C)c1ccc(S(=O)(=O)N2CCC(CNC[C@H](O)COc3cccc4[nH]c5ccccc5c34)CC2)cc1. The summed E-state index contributed by atoms with van der Waals surface area (Å²) in [4.78, 5) is 3.77. The van der Waals surface area contributed by atoms with E-state index in [0.29, 0.717) is 30.4 Å². The summed E-state index contributed by atoms with van der Waals surface area (Å²) in [6.07, 6.45) is 0.935. The monoisotopic (exact) mass is 549 g/mol. The molecular weight excluding hydrogens is 510 g/mol. The molecular formula is C31H39N3O4S. The van der Waals surface area contributed by atoms with Gasteiger partial charge in [-0.25, -0.2) is 8.42 Å². The molecule has 0 amide bonds. The molecule has 4 aromatic rings. The first kappa shape index (κ1) is 27.6. The van der Waals surface area contributed by atoms with Crippen molar-refractivity contribution >= 4 is 31.8 Å². The first-order valence-electron chi connectivity index (χ1n) is 13.7. The molecule has 5 rings (SSSR count). The number of hydrogen-bond acceptors (Lipinski definition) is 5. The number of nitrogens with one attached hydrogen (secondary N) is 2. The van der Waals surface area contributed by atoms with Gasteiger partial charge in [0, 0.05) is 35.9 Å². The fraction of sp³-hybridized carbons (Fsp3) is 0.419. The lowest BCUT2D eigenvalue weighted by molar-refractivity contribution is 0.105. The summed E-state index contributed by atoms with van der Waals surface area (Å²) in [7, 11) is -3.49. The van der Waals surface area contributed by atoms with Crippen LogP contribution in [-0.4, -0.2) is 61.7 Å². The average Bonchev–Trinajstić information content (AvgIpc) is 3.31. The number of H-pyrrole nitrogens is 1. The van der Waals surface area contributed by atoms with Crippen LogP contribution < -0.4 is 10.1 Å². The van der Waals surface area contributed by atoms with Gasteiger partial charge in [-0.2, -0.15) is 4.31 Å². The van der Waals surface area contributed by atoms with Crippen LogP contribution in [0, 0.1) is 5.92 Å². The number of para-hydroxylation sites is 1. The maximum absolute atomic E-state index is 13.1. The predicted molar refractivity (Wildman–Crippen MR) is 157 cm³/mol. The van der Waals surface area contributed by atoms with Crippen molar-refractivity contribution in [2.75, 3.05) is 32.8 Å². The molecule has 39 heavy (non-hydrogen) atoms. The zero-order valence-corrected chi connectivity index (χ0v) is 23.8. The van der Waals surface area contributed by atoms with Gasteiger partial charge in [0.25, 0.3) is 0 Å². The maximum atomic E-state index is 13.1. The normalized spacial score (nSPS) is 16.6. The fourth-order valence-corrected chi connectivity index (χ4v) is 6.79. The molecule has 3 N–H and O–H groups in total. The Hall–Kier alpha value is -2.91. The molecule has 0 spiro atoms. The number of benzene rings is 3. The third kappa shape index (κ3) is 6.14. The third-order valence-electron chi connectivity index (χ3n) is 7.67. The van der Waals surface area contributed by atoms with Crippen LogP contribution in [0.1, 0.15) is 39.2 Å². The van der Waals surface area contributed by atoms with E-state index < -0.39 is 16.1 Å². The van der Waals surface area contributed by atoms with E-state index in [4.69, 9.17) is 4.74 Å². The number of fused-ring (bicyclic) bond motifs is 3. The largest absolute Gasteiger partial charge is 0.490 e. The molecule has 0 unspecified atom stereocenters. The van der Waals surface area contributed by atoms with E-state index >= 15 is 0 Å². The minimum atomic E-state index is -3.49. The summed E-state index contributed by atoms with van der Waals surface area (Å²) in [5, 5.41) is 16.0. The van der Waals surface area contributed by atoms with Crippen molar-refractivity contribution in [2.45, 2.75) is 50.0 Å². The highest BCUT2D eigenvalue weighted by molar-refractivity contribution is 7.89. The lowest BCUT2D eigenvalue weighted by atomic mass is 9.87. The molecule has 1 aliphatic rings. The van der Waals surface area contributed by atoms with Gasteiger partial charge in [-0.15, -0.1) is 0 Å². The van der Waals surface area contributed by atoms with E-state index in [-0.39, 0.29) is 12.0 Å². The van der Waals surface area contributed by atoms with Gasteiger partial charge in [-0.1, -0.05) is 57.2 Å². The van der Waals surface area contributed by atoms with E-state index in [1.807, 2.05) is 48.5 Å². The van der Waals surface area contributed by atoms with E-state index in [0.717, 1.165) is 52.5 Å². The minimum Gasteiger partial charge on any atom is -0.490 e. The zero-order valence-electron chi connectivity index (χ0n) is 23.0. The lowest BCUT2D eigenvalue weighted by Crippen LogP contribution is -2.42. The van der Waals surface area contributed by atoms with Crippen molar-refractivity contribution in [1.82, 2.24) is 14.6 Å². The Morgan fingerprint density at radius 1 is 1.00 bits per heavy atom. The van der Waals surface area contributed by atoms with Gasteiger partial charge in [0.1, 0.15) is 18.5 Å². The van der Waals surface area contributed by atoms with Crippen LogP contribution >= 0.6 is 0 Å². The van der Waals surface area contributed by atoms with Gasteiger partial charge in [-0.05, 0) is 66.6 Å². The molecule has 208 valence electrons. The second kappa shape index (κ2) is 11.3. The quantitative estimate of drug-likeness (QED) is 0.272. The zero-order chi connectivity index (χ0) is 27.6. The summed E-state index contributed by atoms with van der Waals surface area (Å²) in [6, 6.07) is 21.3. The average molecular weight is 550 g/mol. The highest BCUT2D eigenvalue weighted by atomic mass is 32.2. The number of ether oxygens (including phenoxy) is 1. The minimum absolute atomic E-state index is 0.0153. The Balaban J connectivity index is 1.08. The highest BCUT2D eigenvalue weighted by Crippen LogP contribution is 2.33. The molecule has 1 aromatic heterocycles. The smallest absolute Gasteiger partial charge is 0.243 e. The number of piperidine rings is 1. The van der Waals surface area contributed by atoms with E-state index in [9.17, 15) is 13.5 Å². The second-order valence-corrected chi connectivity index (χ2v) is 13.5. The lowest BCUT2D eigenvalue weighted by Gasteiger charge is -2.31. The number of aromatic nitrogens is 1. The van der Waals surface area contributed by atoms with Crippen molar-refractivity contribution in [3.05, 3.63) is 72.3 Å². The van der Waals surface area contributed by atoms with Gasteiger partial charge < -0.3 is 20.1 Å². The van der Waals surface area contributed by atoms with Crippen LogP contribution in [0.3, 0.4) is 0 Å². The van der Waals surface area contributed by atoms with E-state index in [1.165, 1.54) is 0 Å². The van der Waals surface area contributed by atoms with Crippen LogP contribution in [-0.2, 0) is 15.4 Å². The number of sulfonamides is 1. The standard InChI is InChI=1S/C31H39N3O4S/c1-31(2,3)23-11-13-25(14-12-23)39(36,37)34-17-15-22(16-18-34)19-32-20-24(35)21-38-29-10-6-9-28-30(29)26-7-4-5-8-27(26)33-28/h4-14,22,24,32-33,35H,15-21H2,1-3H3/t24-/m0/s1. The molecule has 2 heterocycles. The molecule has 1 atom stereocenters. The molecule has 1 aliphatic heterocycles. The first-order valence-corrected chi connectivity index (χ1v) is 15.2. The number of aliphatic hydroxyl groups excluding tert-OH is 1. The molecule has 3 aromatic carbocycles. The topological polar surface area (TPSA) is 94.7 Å². The highest BCUT2D eigenvalue weighted by Gasteiger charge is 2.29. The summed E-state index contributed by atoms with van der Waals surface area (Å²) >= 11 is 0. The predicted octanol–water partition coefficient (Wildman–Crippen LogP) is 5.05. The van der Waals surface area contributed by atoms with Crippen LogP contribution in [0.2, 0.25) is 0 Å². The third-order valence-corrected chi connectivity index (χ3v) is 9.58. The summed E-state index contributed by atoms with van der Waals surface area (Å²) in [5.41, 5.74) is 3.17. The molecule has 1 saturated heterocycles. The van der Waals surface area contributed by atoms with Crippen LogP contribution in [0.25, 0.3) is 21.8 Å². The van der Waals surface area contributed by atoms with Crippen LogP contribution in [0.4, 0.5) is 0 Å². The maximum Gasteiger partial charge on any atom is 0.243 e. The van der Waals surface area contributed by atoms with E-state index in [1.54, 1.807) is 16.4 Å². The first-order chi connectivity index (χ1) is 18.6. The summed E-state index contributed by atoms with van der Waals surface area (Å²) < 4.78 is 33.9. The van der Waals surface area contributed by atoms with Crippen LogP contribution in [0.5, 0.6) is 5.75 Å². The van der Waals surface area contributed by atoms with Gasteiger partial charge in [0.15, 0.2) is 0 Å². The molecule has 0 aliphatic carbocycles. The molecule has 0 bridgehead atoms. The van der Waals surface area contributed by atoms with Gasteiger partial charge >= 0.3 is 0 Å². The van der Waals surface area contributed by atoms with Crippen molar-refractivity contribution < 1.29 is 18.3 Å². The Bertz CT molecular complexity index is 1520. The summed E-state index contributed by atoms with van der Waals surface area (Å²) in [6.45, 7) is 8.72. The van der Waals surface area contributed by atoms with Crippen molar-refractivity contribution in [1.29, 1.82) is 0 Å². The van der Waals surface area contributed by atoms with Crippen molar-refractivity contribution in [2.24, 2.45) is 5.92 Å². The number of aliphatic hydroxyl groups is 1. The Labute approximate surface area is 231 Å². The van der Waals surface area contributed by atoms with E-state index in [2.05, 4.69) is 37.1 Å². The molecule has 0 saturated carbocycles. The molecule has 0 radical (unpaired) electrons. The molecule has 8 heteroatoms. The van der Waals surface area contributed by atoms with Gasteiger partial charge in [-0.3, -0.25) is 0 Å². The number of hydrogen-bond donors (Lipinski definition) is 3. The number of rotatable bonds is 9. The molecule has 1 fully saturated rings. The van der Waals surface area contributed by atoms with Crippen LogP contribution in [0.15, 0.2) is 71.6 Å². The van der Waals surface area contributed by atoms with Gasteiger partial charge in [0.05, 0.1) is 10.4 Å². The second-order valence-electron chi connectivity index (χ2n) is 11.6. The number of aromatic amines is 1. The Kier molecular flexibility index (Phi) is 8.01. The summed E-state index contributed by atoms with van der Waals surface area (Å²) in [5.74, 6) is 1.12. The number of nitrogens with zero attached hydrogens (tertiary/aromatic N) is 1. The molecule has 7 nitrogen and oxygen atoms in total. The van der Waals surface area contributed by atoms with Gasteiger partial charge in [0.2, 0.25) is 10.0 Å². The van der Waals surface area contributed by atoms with Crippen molar-refractivity contribution in [3.63, 3.8) is 0 Å².